The monoisotopic (exact) mass is 388 g/mol. The van der Waals surface area contributed by atoms with Gasteiger partial charge in [0.2, 0.25) is 5.91 Å². The van der Waals surface area contributed by atoms with E-state index in [2.05, 4.69) is 29.2 Å². The van der Waals surface area contributed by atoms with Crippen LogP contribution in [-0.2, 0) is 17.6 Å². The first-order chi connectivity index (χ1) is 14.2. The zero-order valence-electron chi connectivity index (χ0n) is 16.7. The number of allylic oxidation sites excluding steroid dienone is 1. The Labute approximate surface area is 169 Å². The van der Waals surface area contributed by atoms with E-state index >= 15 is 0 Å². The maximum atomic E-state index is 12.7. The highest BCUT2D eigenvalue weighted by Gasteiger charge is 2.34. The third-order valence-corrected chi connectivity index (χ3v) is 6.06. The molecule has 0 unspecified atom stereocenters. The average Bonchev–Trinajstić information content (AvgIpc) is 3.14. The number of methoxy groups -OCH3 is 2. The first kappa shape index (κ1) is 17.9. The molecule has 5 nitrogen and oxygen atoms in total. The van der Waals surface area contributed by atoms with Crippen LogP contribution in [0, 0.1) is 0 Å². The molecular weight excluding hydrogens is 364 g/mol. The van der Waals surface area contributed by atoms with Crippen molar-refractivity contribution in [2.45, 2.75) is 25.7 Å². The van der Waals surface area contributed by atoms with Crippen LogP contribution in [0.2, 0.25) is 0 Å². The number of ether oxygens (including phenoxy) is 2. The van der Waals surface area contributed by atoms with Gasteiger partial charge in [0, 0.05) is 23.9 Å². The Balaban J connectivity index is 1.63. The summed E-state index contributed by atoms with van der Waals surface area (Å²) < 4.78 is 10.7. The number of H-pyrrole nitrogens is 1. The largest absolute Gasteiger partial charge is 0.497 e. The maximum Gasteiger partial charge on any atom is 0.227 e. The summed E-state index contributed by atoms with van der Waals surface area (Å²) in [6.07, 6.45) is 3.07. The lowest BCUT2D eigenvalue weighted by Crippen LogP contribution is -2.38. The van der Waals surface area contributed by atoms with E-state index in [1.807, 2.05) is 23.1 Å². The van der Waals surface area contributed by atoms with Crippen molar-refractivity contribution in [1.82, 2.24) is 9.88 Å². The van der Waals surface area contributed by atoms with E-state index < -0.39 is 0 Å². The topological polar surface area (TPSA) is 54.6 Å². The second-order valence-corrected chi connectivity index (χ2v) is 7.66. The zero-order valence-corrected chi connectivity index (χ0v) is 16.7. The van der Waals surface area contributed by atoms with E-state index in [9.17, 15) is 4.79 Å². The zero-order chi connectivity index (χ0) is 20.0. The minimum atomic E-state index is 0.223. The smallest absolute Gasteiger partial charge is 0.227 e. The van der Waals surface area contributed by atoms with E-state index in [0.29, 0.717) is 6.42 Å². The third-order valence-electron chi connectivity index (χ3n) is 6.06. The number of nitrogens with one attached hydrogen (secondary N) is 1. The van der Waals surface area contributed by atoms with Gasteiger partial charge in [-0.3, -0.25) is 4.79 Å². The van der Waals surface area contributed by atoms with Crippen molar-refractivity contribution in [3.8, 4) is 11.5 Å². The summed E-state index contributed by atoms with van der Waals surface area (Å²) in [4.78, 5) is 18.3. The second-order valence-electron chi connectivity index (χ2n) is 7.66. The van der Waals surface area contributed by atoms with Crippen LogP contribution in [0.1, 0.15) is 29.7 Å². The minimum Gasteiger partial charge on any atom is -0.497 e. The summed E-state index contributed by atoms with van der Waals surface area (Å²) in [5.41, 5.74) is 7.09. The molecule has 5 heteroatoms. The van der Waals surface area contributed by atoms with Gasteiger partial charge in [-0.2, -0.15) is 0 Å². The predicted molar refractivity (Wildman–Crippen MR) is 113 cm³/mol. The molecule has 1 amide bonds. The van der Waals surface area contributed by atoms with Gasteiger partial charge < -0.3 is 19.4 Å². The summed E-state index contributed by atoms with van der Waals surface area (Å²) in [7, 11) is 3.37. The predicted octanol–water partition coefficient (Wildman–Crippen LogP) is 4.32. The second kappa shape index (κ2) is 6.99. The van der Waals surface area contributed by atoms with Crippen LogP contribution in [0.25, 0.3) is 16.6 Å². The number of carbonyl (C=O) groups is 1. The van der Waals surface area contributed by atoms with E-state index in [1.165, 1.54) is 22.1 Å². The van der Waals surface area contributed by atoms with Crippen molar-refractivity contribution in [2.75, 3.05) is 20.8 Å². The van der Waals surface area contributed by atoms with Crippen molar-refractivity contribution in [1.29, 1.82) is 0 Å². The van der Waals surface area contributed by atoms with E-state index in [1.54, 1.807) is 14.2 Å². The van der Waals surface area contributed by atoms with Gasteiger partial charge in [0.15, 0.2) is 0 Å². The lowest BCUT2D eigenvalue weighted by molar-refractivity contribution is -0.128. The number of benzene rings is 2. The molecule has 1 N–H and O–H groups in total. The Bertz CT molecular complexity index is 1120. The van der Waals surface area contributed by atoms with Gasteiger partial charge in [0.05, 0.1) is 25.6 Å². The summed E-state index contributed by atoms with van der Waals surface area (Å²) in [5, 5.41) is 1.19. The molecule has 1 aromatic heterocycles. The third kappa shape index (κ3) is 2.97. The summed E-state index contributed by atoms with van der Waals surface area (Å²) in [6, 6.07) is 14.3. The maximum absolute atomic E-state index is 12.7. The number of carbonyl (C=O) groups excluding carboxylic acids is 1. The Morgan fingerprint density at radius 3 is 2.48 bits per heavy atom. The SMILES string of the molecule is COc1ccc(CC2=C3c4[nH]c5ccc(OC)cc5c4CCN3C(=O)CC2)cc1. The number of fused-ring (bicyclic) bond motifs is 5. The normalized spacial score (nSPS) is 16.1. The molecule has 0 atom stereocenters. The van der Waals surface area contributed by atoms with Crippen molar-refractivity contribution >= 4 is 22.5 Å². The van der Waals surface area contributed by atoms with Crippen molar-refractivity contribution in [2.24, 2.45) is 0 Å². The molecule has 0 spiro atoms. The number of hydrogen-bond acceptors (Lipinski definition) is 3. The van der Waals surface area contributed by atoms with Gasteiger partial charge >= 0.3 is 0 Å². The molecule has 0 saturated carbocycles. The molecule has 29 heavy (non-hydrogen) atoms. The van der Waals surface area contributed by atoms with Crippen LogP contribution in [0.3, 0.4) is 0 Å². The van der Waals surface area contributed by atoms with Crippen LogP contribution < -0.4 is 9.47 Å². The number of rotatable bonds is 4. The van der Waals surface area contributed by atoms with Gasteiger partial charge in [-0.05, 0) is 66.3 Å². The van der Waals surface area contributed by atoms with Crippen LogP contribution in [-0.4, -0.2) is 36.6 Å². The highest BCUT2D eigenvalue weighted by molar-refractivity contribution is 5.97. The lowest BCUT2D eigenvalue weighted by Gasteiger charge is -2.35. The molecule has 2 aromatic carbocycles. The van der Waals surface area contributed by atoms with Crippen LogP contribution in [0.5, 0.6) is 11.5 Å². The molecule has 2 aliphatic rings. The van der Waals surface area contributed by atoms with Gasteiger partial charge in [-0.1, -0.05) is 12.1 Å². The molecule has 148 valence electrons. The fourth-order valence-electron chi connectivity index (χ4n) is 4.58. The molecule has 0 radical (unpaired) electrons. The number of nitrogens with zero attached hydrogens (tertiary/aromatic N) is 1. The van der Waals surface area contributed by atoms with Gasteiger partial charge in [-0.25, -0.2) is 0 Å². The fraction of sp³-hybridized carbons (Fsp3) is 0.292. The molecule has 2 aliphatic heterocycles. The summed E-state index contributed by atoms with van der Waals surface area (Å²) in [5.74, 6) is 1.94. The Hall–Kier alpha value is -3.21. The van der Waals surface area contributed by atoms with E-state index in [-0.39, 0.29) is 5.91 Å². The number of aromatic nitrogens is 1. The molecule has 0 saturated heterocycles. The van der Waals surface area contributed by atoms with Crippen LogP contribution in [0.15, 0.2) is 48.0 Å². The average molecular weight is 388 g/mol. The van der Waals surface area contributed by atoms with Gasteiger partial charge in [-0.15, -0.1) is 0 Å². The first-order valence-electron chi connectivity index (χ1n) is 10.0. The van der Waals surface area contributed by atoms with Crippen molar-refractivity contribution in [3.05, 3.63) is 64.9 Å². The minimum absolute atomic E-state index is 0.223. The Morgan fingerprint density at radius 1 is 0.966 bits per heavy atom. The molecule has 5 rings (SSSR count). The Morgan fingerprint density at radius 2 is 1.72 bits per heavy atom. The number of aromatic amines is 1. The van der Waals surface area contributed by atoms with E-state index in [4.69, 9.17) is 9.47 Å². The molecule has 3 heterocycles. The van der Waals surface area contributed by atoms with Crippen molar-refractivity contribution in [3.63, 3.8) is 0 Å². The molecule has 0 bridgehead atoms. The molecule has 0 aliphatic carbocycles. The first-order valence-corrected chi connectivity index (χ1v) is 10.0. The summed E-state index contributed by atoms with van der Waals surface area (Å²) in [6.45, 7) is 0.734. The standard InChI is InChI=1S/C24H24N2O3/c1-28-17-6-3-15(4-7-17)13-16-5-10-22(27)26-12-11-19-20-14-18(29-2)8-9-21(20)25-23(19)24(16)26/h3-4,6-9,14,25H,5,10-13H2,1-2H3. The summed E-state index contributed by atoms with van der Waals surface area (Å²) >= 11 is 0. The number of hydrogen-bond donors (Lipinski definition) is 1. The molecule has 3 aromatic rings. The van der Waals surface area contributed by atoms with Gasteiger partial charge in [0.1, 0.15) is 11.5 Å². The van der Waals surface area contributed by atoms with Crippen LogP contribution in [0.4, 0.5) is 0 Å². The van der Waals surface area contributed by atoms with Gasteiger partial charge in [0.25, 0.3) is 0 Å². The molecular formula is C24H24N2O3. The van der Waals surface area contributed by atoms with Crippen LogP contribution >= 0.6 is 0 Å². The highest BCUT2D eigenvalue weighted by Crippen LogP contribution is 2.41. The molecule has 0 fully saturated rings. The number of amides is 1. The fourth-order valence-corrected chi connectivity index (χ4v) is 4.58. The lowest BCUT2D eigenvalue weighted by atomic mass is 9.89. The highest BCUT2D eigenvalue weighted by atomic mass is 16.5. The quantitative estimate of drug-likeness (QED) is 0.724. The van der Waals surface area contributed by atoms with Crippen molar-refractivity contribution < 1.29 is 14.3 Å². The Kier molecular flexibility index (Phi) is 4.31. The van der Waals surface area contributed by atoms with E-state index in [0.717, 1.165) is 54.2 Å².